The van der Waals surface area contributed by atoms with Crippen molar-refractivity contribution in [3.05, 3.63) is 0 Å². The van der Waals surface area contributed by atoms with Gasteiger partial charge in [0.05, 0.1) is 24.4 Å². The summed E-state index contributed by atoms with van der Waals surface area (Å²) in [4.78, 5) is 0. The van der Waals surface area contributed by atoms with Crippen molar-refractivity contribution < 1.29 is 14.9 Å². The maximum absolute atomic E-state index is 9.64. The summed E-state index contributed by atoms with van der Waals surface area (Å²) in [6, 6.07) is -0.663. The molecule has 0 aromatic rings. The lowest BCUT2D eigenvalue weighted by Crippen LogP contribution is -2.63. The summed E-state index contributed by atoms with van der Waals surface area (Å²) in [5.74, 6) is 0. The number of nitrogens with two attached hydrogens (primary N) is 1. The first-order valence-electron chi connectivity index (χ1n) is 4.43. The van der Waals surface area contributed by atoms with Gasteiger partial charge in [-0.25, -0.2) is 0 Å². The molecule has 0 unspecified atom stereocenters. The summed E-state index contributed by atoms with van der Waals surface area (Å²) < 4.78 is 5.17. The van der Waals surface area contributed by atoms with Crippen LogP contribution in [0.25, 0.3) is 0 Å². The second-order valence-electron chi connectivity index (χ2n) is 3.47. The van der Waals surface area contributed by atoms with Gasteiger partial charge >= 0.3 is 0 Å². The van der Waals surface area contributed by atoms with Crippen molar-refractivity contribution in [3.63, 3.8) is 0 Å². The molecule has 78 valence electrons. The normalized spacial score (nSPS) is 46.4. The molecule has 5 atom stereocenters. The quantitative estimate of drug-likeness (QED) is 0.406. The van der Waals surface area contributed by atoms with Crippen molar-refractivity contribution in [2.75, 3.05) is 14.2 Å². The number of methoxy groups -OCH3 is 1. The highest BCUT2D eigenvalue weighted by molar-refractivity contribution is 4.98. The number of likely N-dealkylation sites (N-methyl/N-ethyl adjacent to an activating group) is 1. The van der Waals surface area contributed by atoms with Gasteiger partial charge in [0.15, 0.2) is 0 Å². The third-order valence-electron chi connectivity index (χ3n) is 2.70. The minimum atomic E-state index is -0.871. The molecule has 13 heavy (non-hydrogen) atoms. The first-order valence-corrected chi connectivity index (χ1v) is 4.43. The molecule has 0 aromatic heterocycles. The maximum Gasteiger partial charge on any atom is 0.0992 e. The van der Waals surface area contributed by atoms with Crippen molar-refractivity contribution >= 4 is 0 Å². The molecule has 5 heteroatoms. The maximum atomic E-state index is 9.64. The van der Waals surface area contributed by atoms with Crippen LogP contribution in [0.15, 0.2) is 0 Å². The Morgan fingerprint density at radius 1 is 1.38 bits per heavy atom. The molecular formula is C8H18N2O3. The molecule has 0 radical (unpaired) electrons. The van der Waals surface area contributed by atoms with Gasteiger partial charge in [0.25, 0.3) is 0 Å². The fraction of sp³-hybridized carbons (Fsp3) is 1.00. The van der Waals surface area contributed by atoms with Crippen LogP contribution >= 0.6 is 0 Å². The van der Waals surface area contributed by atoms with Gasteiger partial charge in [-0.1, -0.05) is 0 Å². The fourth-order valence-corrected chi connectivity index (χ4v) is 1.84. The minimum Gasteiger partial charge on any atom is -0.389 e. The van der Waals surface area contributed by atoms with E-state index in [1.165, 1.54) is 0 Å². The lowest BCUT2D eigenvalue weighted by Gasteiger charge is -2.40. The Labute approximate surface area is 77.9 Å². The van der Waals surface area contributed by atoms with Crippen molar-refractivity contribution in [2.24, 2.45) is 5.73 Å². The van der Waals surface area contributed by atoms with Crippen LogP contribution in [0.5, 0.6) is 0 Å². The number of hydrogen-bond donors (Lipinski definition) is 4. The molecule has 5 nitrogen and oxygen atoms in total. The van der Waals surface area contributed by atoms with Crippen LogP contribution in [0, 0.1) is 0 Å². The van der Waals surface area contributed by atoms with Gasteiger partial charge in [-0.3, -0.25) is 0 Å². The van der Waals surface area contributed by atoms with E-state index in [2.05, 4.69) is 5.32 Å². The number of nitrogens with one attached hydrogen (secondary N) is 1. The van der Waals surface area contributed by atoms with E-state index in [-0.39, 0.29) is 12.1 Å². The van der Waals surface area contributed by atoms with Crippen LogP contribution in [-0.4, -0.2) is 54.8 Å². The summed E-state index contributed by atoms with van der Waals surface area (Å²) in [7, 11) is 3.30. The molecule has 0 amide bonds. The van der Waals surface area contributed by atoms with E-state index < -0.39 is 18.2 Å². The standard InChI is InChI=1S/C8H18N2O3/c1-10-6-5(13-2)3-4(9)7(11)8(6)12/h4-8,10-12H,3,9H2,1-2H3/t4-,5-,6+,7+,8+/m0/s1. The zero-order valence-corrected chi connectivity index (χ0v) is 7.97. The smallest absolute Gasteiger partial charge is 0.0992 e. The zero-order valence-electron chi connectivity index (χ0n) is 7.97. The number of ether oxygens (including phenoxy) is 1. The Balaban J connectivity index is 2.69. The van der Waals surface area contributed by atoms with E-state index in [0.717, 1.165) is 0 Å². The van der Waals surface area contributed by atoms with Crippen molar-refractivity contribution in [1.29, 1.82) is 0 Å². The number of rotatable bonds is 2. The first kappa shape index (κ1) is 10.9. The molecule has 1 saturated carbocycles. The number of aliphatic hydroxyl groups is 2. The van der Waals surface area contributed by atoms with Crippen LogP contribution in [0.1, 0.15) is 6.42 Å². The van der Waals surface area contributed by atoms with Gasteiger partial charge in [-0.15, -0.1) is 0 Å². The molecule has 1 aliphatic rings. The van der Waals surface area contributed by atoms with E-state index in [1.807, 2.05) is 0 Å². The Morgan fingerprint density at radius 3 is 2.46 bits per heavy atom. The first-order chi connectivity index (χ1) is 6.11. The van der Waals surface area contributed by atoms with Crippen molar-refractivity contribution in [3.8, 4) is 0 Å². The van der Waals surface area contributed by atoms with Crippen LogP contribution in [-0.2, 0) is 4.74 Å². The average molecular weight is 190 g/mol. The molecule has 0 spiro atoms. The Morgan fingerprint density at radius 2 is 2.00 bits per heavy atom. The highest BCUT2D eigenvalue weighted by Crippen LogP contribution is 2.21. The lowest BCUT2D eigenvalue weighted by molar-refractivity contribution is -0.0935. The molecule has 1 fully saturated rings. The predicted octanol–water partition coefficient (Wildman–Crippen LogP) is -1.96. The molecule has 0 heterocycles. The van der Waals surface area contributed by atoms with Crippen molar-refractivity contribution in [1.82, 2.24) is 5.32 Å². The zero-order chi connectivity index (χ0) is 10.0. The monoisotopic (exact) mass is 190 g/mol. The van der Waals surface area contributed by atoms with E-state index in [9.17, 15) is 10.2 Å². The average Bonchev–Trinajstić information content (AvgIpc) is 2.13. The lowest BCUT2D eigenvalue weighted by atomic mass is 9.84. The summed E-state index contributed by atoms with van der Waals surface area (Å²) in [5, 5.41) is 22.0. The number of aliphatic hydroxyl groups excluding tert-OH is 2. The summed E-state index contributed by atoms with van der Waals surface area (Å²) in [6.45, 7) is 0. The minimum absolute atomic E-state index is 0.140. The van der Waals surface area contributed by atoms with Crippen LogP contribution in [0.2, 0.25) is 0 Å². The molecular weight excluding hydrogens is 172 g/mol. The van der Waals surface area contributed by atoms with Crippen LogP contribution in [0.3, 0.4) is 0 Å². The van der Waals surface area contributed by atoms with E-state index in [4.69, 9.17) is 10.5 Å². The van der Waals surface area contributed by atoms with Crippen LogP contribution < -0.4 is 11.1 Å². The Hall–Kier alpha value is -0.200. The second-order valence-corrected chi connectivity index (χ2v) is 3.47. The predicted molar refractivity (Wildman–Crippen MR) is 48.3 cm³/mol. The summed E-state index contributed by atoms with van der Waals surface area (Å²) in [5.41, 5.74) is 5.63. The van der Waals surface area contributed by atoms with Crippen molar-refractivity contribution in [2.45, 2.75) is 36.8 Å². The second kappa shape index (κ2) is 4.34. The summed E-state index contributed by atoms with van der Waals surface area (Å²) >= 11 is 0. The van der Waals surface area contributed by atoms with E-state index in [0.29, 0.717) is 6.42 Å². The Kier molecular flexibility index (Phi) is 3.63. The van der Waals surface area contributed by atoms with Gasteiger partial charge in [-0.05, 0) is 13.5 Å². The fourth-order valence-electron chi connectivity index (χ4n) is 1.84. The molecule has 0 aliphatic heterocycles. The molecule has 0 aromatic carbocycles. The molecule has 5 N–H and O–H groups in total. The molecule has 0 bridgehead atoms. The molecule has 0 saturated heterocycles. The highest BCUT2D eigenvalue weighted by Gasteiger charge is 2.41. The van der Waals surface area contributed by atoms with Gasteiger partial charge in [0.2, 0.25) is 0 Å². The van der Waals surface area contributed by atoms with Gasteiger partial charge in [0.1, 0.15) is 0 Å². The van der Waals surface area contributed by atoms with E-state index >= 15 is 0 Å². The SMILES string of the molecule is CN[C@H]1[C@@H](O)[C@H](O)[C@@H](N)C[C@@H]1OC. The molecule has 1 rings (SSSR count). The third-order valence-corrected chi connectivity index (χ3v) is 2.70. The van der Waals surface area contributed by atoms with Gasteiger partial charge < -0.3 is 26.0 Å². The summed E-state index contributed by atoms with van der Waals surface area (Å²) in [6.07, 6.45) is -1.32. The van der Waals surface area contributed by atoms with Gasteiger partial charge in [-0.2, -0.15) is 0 Å². The van der Waals surface area contributed by atoms with Crippen LogP contribution in [0.4, 0.5) is 0 Å². The van der Waals surface area contributed by atoms with Gasteiger partial charge in [0, 0.05) is 13.2 Å². The third kappa shape index (κ3) is 2.00. The Bertz CT molecular complexity index is 165. The van der Waals surface area contributed by atoms with E-state index in [1.54, 1.807) is 14.2 Å². The highest BCUT2D eigenvalue weighted by atomic mass is 16.5. The largest absolute Gasteiger partial charge is 0.389 e. The topological polar surface area (TPSA) is 87.7 Å². The molecule has 1 aliphatic carbocycles. The number of hydrogen-bond acceptors (Lipinski definition) is 5.